The molecule has 1 aromatic heterocycles. The van der Waals surface area contributed by atoms with Gasteiger partial charge >= 0.3 is 6.01 Å². The minimum absolute atomic E-state index is 0.253. The Morgan fingerprint density at radius 2 is 2.15 bits per heavy atom. The fourth-order valence-electron chi connectivity index (χ4n) is 1.64. The normalized spacial score (nSPS) is 10.8. The molecule has 0 spiro atoms. The van der Waals surface area contributed by atoms with Gasteiger partial charge in [0.05, 0.1) is 11.0 Å². The van der Waals surface area contributed by atoms with E-state index in [4.69, 9.17) is 4.42 Å². The zero-order chi connectivity index (χ0) is 14.5. The molecule has 0 aliphatic carbocycles. The van der Waals surface area contributed by atoms with Gasteiger partial charge in [-0.2, -0.15) is 0 Å². The van der Waals surface area contributed by atoms with Gasteiger partial charge in [0.2, 0.25) is 5.89 Å². The molecule has 0 unspecified atom stereocenters. The molecule has 0 saturated heterocycles. The number of hydrogen-bond acceptors (Lipinski definition) is 5. The molecule has 2 rings (SSSR count). The van der Waals surface area contributed by atoms with Crippen LogP contribution in [0.3, 0.4) is 0 Å². The Balaban J connectivity index is 2.05. The molecule has 1 heterocycles. The molecule has 7 heteroatoms. The van der Waals surface area contributed by atoms with E-state index in [-0.39, 0.29) is 11.8 Å². The second-order valence-corrected chi connectivity index (χ2v) is 5.24. The third kappa shape index (κ3) is 3.77. The highest BCUT2D eigenvalue weighted by Crippen LogP contribution is 2.26. The summed E-state index contributed by atoms with van der Waals surface area (Å²) in [6.07, 6.45) is 1.04. The fraction of sp³-hybridized carbons (Fsp3) is 0.385. The van der Waals surface area contributed by atoms with Crippen LogP contribution in [0, 0.1) is 12.7 Å². The molecule has 0 aliphatic rings. The lowest BCUT2D eigenvalue weighted by molar-refractivity contribution is 0.479. The number of benzene rings is 1. The van der Waals surface area contributed by atoms with Gasteiger partial charge in [-0.25, -0.2) is 4.39 Å². The Kier molecular flexibility index (Phi) is 5.08. The van der Waals surface area contributed by atoms with E-state index in [0.717, 1.165) is 18.5 Å². The predicted octanol–water partition coefficient (Wildman–Crippen LogP) is 3.52. The minimum Gasteiger partial charge on any atom is -0.406 e. The average Bonchev–Trinajstić information content (AvgIpc) is 2.84. The van der Waals surface area contributed by atoms with Crippen molar-refractivity contribution in [3.05, 3.63) is 33.9 Å². The molecule has 20 heavy (non-hydrogen) atoms. The number of aryl methyl sites for hydroxylation is 1. The molecule has 0 aliphatic heterocycles. The Labute approximate surface area is 125 Å². The number of rotatable bonds is 6. The molecule has 108 valence electrons. The Bertz CT molecular complexity index is 588. The van der Waals surface area contributed by atoms with Crippen LogP contribution in [-0.2, 0) is 6.54 Å². The first kappa shape index (κ1) is 14.9. The molecule has 0 bridgehead atoms. The average molecular weight is 343 g/mol. The van der Waals surface area contributed by atoms with Crippen LogP contribution in [0.25, 0.3) is 0 Å². The maximum absolute atomic E-state index is 13.5. The van der Waals surface area contributed by atoms with Gasteiger partial charge in [0.1, 0.15) is 5.82 Å². The molecule has 0 fully saturated rings. The summed E-state index contributed by atoms with van der Waals surface area (Å²) in [7, 11) is 0. The van der Waals surface area contributed by atoms with Crippen molar-refractivity contribution in [1.82, 2.24) is 15.5 Å². The van der Waals surface area contributed by atoms with Crippen LogP contribution in [-0.4, -0.2) is 16.7 Å². The third-order valence-electron chi connectivity index (χ3n) is 2.68. The molecule has 5 nitrogen and oxygen atoms in total. The summed E-state index contributed by atoms with van der Waals surface area (Å²) in [5.41, 5.74) is 1.48. The highest BCUT2D eigenvalue weighted by Gasteiger charge is 2.10. The van der Waals surface area contributed by atoms with Crippen molar-refractivity contribution in [2.45, 2.75) is 26.8 Å². The maximum atomic E-state index is 13.5. The van der Waals surface area contributed by atoms with Crippen LogP contribution in [0.5, 0.6) is 0 Å². The van der Waals surface area contributed by atoms with E-state index in [0.29, 0.717) is 22.6 Å². The summed E-state index contributed by atoms with van der Waals surface area (Å²) in [6.45, 7) is 5.36. The van der Waals surface area contributed by atoms with Crippen LogP contribution in [0.15, 0.2) is 21.0 Å². The van der Waals surface area contributed by atoms with E-state index in [1.165, 1.54) is 6.07 Å². The number of aromatic nitrogens is 2. The van der Waals surface area contributed by atoms with Crippen LogP contribution in [0.4, 0.5) is 16.1 Å². The number of anilines is 2. The highest BCUT2D eigenvalue weighted by molar-refractivity contribution is 9.10. The van der Waals surface area contributed by atoms with Gasteiger partial charge in [-0.05, 0) is 53.5 Å². The first-order chi connectivity index (χ1) is 9.60. The zero-order valence-corrected chi connectivity index (χ0v) is 12.9. The minimum atomic E-state index is -0.345. The standard InChI is InChI=1S/C13H16BrFN4O/c1-3-4-16-7-12-18-19-13(20-12)17-11-6-10(15)9(14)5-8(11)2/h5-6,16H,3-4,7H2,1-2H3,(H,17,19). The molecule has 0 saturated carbocycles. The van der Waals surface area contributed by atoms with E-state index in [9.17, 15) is 4.39 Å². The van der Waals surface area contributed by atoms with E-state index < -0.39 is 0 Å². The lowest BCUT2D eigenvalue weighted by Gasteiger charge is -2.06. The predicted molar refractivity (Wildman–Crippen MR) is 78.4 cm³/mol. The van der Waals surface area contributed by atoms with Gasteiger partial charge in [-0.1, -0.05) is 12.0 Å². The van der Waals surface area contributed by atoms with E-state index in [1.807, 2.05) is 6.92 Å². The quantitative estimate of drug-likeness (QED) is 0.786. The highest BCUT2D eigenvalue weighted by atomic mass is 79.9. The van der Waals surface area contributed by atoms with E-state index in [1.54, 1.807) is 6.07 Å². The summed E-state index contributed by atoms with van der Waals surface area (Å²) in [5.74, 6) is 0.152. The summed E-state index contributed by atoms with van der Waals surface area (Å²) in [5, 5.41) is 13.9. The SMILES string of the molecule is CCCNCc1nnc(Nc2cc(F)c(Br)cc2C)o1. The molecular formula is C13H16BrFN4O. The second-order valence-electron chi connectivity index (χ2n) is 4.38. The summed E-state index contributed by atoms with van der Waals surface area (Å²) in [4.78, 5) is 0. The van der Waals surface area contributed by atoms with Crippen molar-refractivity contribution in [3.63, 3.8) is 0 Å². The largest absolute Gasteiger partial charge is 0.406 e. The zero-order valence-electron chi connectivity index (χ0n) is 11.3. The molecule has 0 radical (unpaired) electrons. The Hall–Kier alpha value is -1.47. The third-order valence-corrected chi connectivity index (χ3v) is 3.29. The van der Waals surface area contributed by atoms with Gasteiger partial charge in [0.15, 0.2) is 0 Å². The monoisotopic (exact) mass is 342 g/mol. The van der Waals surface area contributed by atoms with Crippen molar-refractivity contribution >= 4 is 27.6 Å². The molecule has 2 N–H and O–H groups in total. The van der Waals surface area contributed by atoms with Crippen molar-refractivity contribution < 1.29 is 8.81 Å². The summed E-state index contributed by atoms with van der Waals surface area (Å²) < 4.78 is 19.4. The number of nitrogens with zero attached hydrogens (tertiary/aromatic N) is 2. The topological polar surface area (TPSA) is 63.0 Å². The number of nitrogens with one attached hydrogen (secondary N) is 2. The maximum Gasteiger partial charge on any atom is 0.320 e. The van der Waals surface area contributed by atoms with E-state index >= 15 is 0 Å². The van der Waals surface area contributed by atoms with Crippen molar-refractivity contribution in [2.24, 2.45) is 0 Å². The first-order valence-corrected chi connectivity index (χ1v) is 7.15. The lowest BCUT2D eigenvalue weighted by atomic mass is 10.2. The van der Waals surface area contributed by atoms with Crippen LogP contribution in [0.2, 0.25) is 0 Å². The van der Waals surface area contributed by atoms with Crippen LogP contribution < -0.4 is 10.6 Å². The van der Waals surface area contributed by atoms with E-state index in [2.05, 4.69) is 43.7 Å². The van der Waals surface area contributed by atoms with Crippen LogP contribution >= 0.6 is 15.9 Å². The second kappa shape index (κ2) is 6.81. The van der Waals surface area contributed by atoms with Gasteiger partial charge in [-0.15, -0.1) is 5.10 Å². The summed E-state index contributed by atoms with van der Waals surface area (Å²) in [6, 6.07) is 3.33. The van der Waals surface area contributed by atoms with Crippen molar-refractivity contribution in [3.8, 4) is 0 Å². The van der Waals surface area contributed by atoms with Gasteiger partial charge < -0.3 is 15.1 Å². The summed E-state index contributed by atoms with van der Waals surface area (Å²) >= 11 is 3.14. The molecular weight excluding hydrogens is 327 g/mol. The van der Waals surface area contributed by atoms with Gasteiger partial charge in [-0.3, -0.25) is 0 Å². The molecule has 1 aromatic carbocycles. The molecule has 2 aromatic rings. The smallest absolute Gasteiger partial charge is 0.320 e. The van der Waals surface area contributed by atoms with Gasteiger partial charge in [0.25, 0.3) is 0 Å². The van der Waals surface area contributed by atoms with Gasteiger partial charge in [0, 0.05) is 5.69 Å². The number of hydrogen-bond donors (Lipinski definition) is 2. The first-order valence-electron chi connectivity index (χ1n) is 6.36. The van der Waals surface area contributed by atoms with Crippen molar-refractivity contribution in [1.29, 1.82) is 0 Å². The lowest BCUT2D eigenvalue weighted by Crippen LogP contribution is -2.13. The Morgan fingerprint density at radius 3 is 2.90 bits per heavy atom. The Morgan fingerprint density at radius 1 is 1.35 bits per heavy atom. The van der Waals surface area contributed by atoms with Crippen LogP contribution in [0.1, 0.15) is 24.8 Å². The fourth-order valence-corrected chi connectivity index (χ4v) is 2.10. The molecule has 0 atom stereocenters. The van der Waals surface area contributed by atoms with Crippen molar-refractivity contribution in [2.75, 3.05) is 11.9 Å². The molecule has 0 amide bonds. The number of halogens is 2.